The summed E-state index contributed by atoms with van der Waals surface area (Å²) in [6, 6.07) is 23.0. The van der Waals surface area contributed by atoms with Crippen LogP contribution in [-0.4, -0.2) is 28.0 Å². The molecule has 0 saturated carbocycles. The Morgan fingerprint density at radius 1 is 0.871 bits per heavy atom. The lowest BCUT2D eigenvalue weighted by molar-refractivity contribution is 0.671. The molecule has 0 bridgehead atoms. The van der Waals surface area contributed by atoms with E-state index in [0.29, 0.717) is 15.8 Å². The SMILES string of the molecule is Cc1ccc(N=C2C(=S)N(c3ccc(C)cc3)C(=N)N2N=Cc2ccc(Cl)cc2)cc1. The molecule has 4 rings (SSSR count). The van der Waals surface area contributed by atoms with Crippen molar-refractivity contribution in [1.29, 1.82) is 5.41 Å². The summed E-state index contributed by atoms with van der Waals surface area (Å²) in [6.07, 6.45) is 1.66. The van der Waals surface area contributed by atoms with Gasteiger partial charge in [0.1, 0.15) is 0 Å². The molecule has 3 aromatic carbocycles. The Kier molecular flexibility index (Phi) is 5.93. The van der Waals surface area contributed by atoms with E-state index in [4.69, 9.17) is 34.2 Å². The van der Waals surface area contributed by atoms with Crippen molar-refractivity contribution in [1.82, 2.24) is 5.01 Å². The van der Waals surface area contributed by atoms with Gasteiger partial charge < -0.3 is 0 Å². The van der Waals surface area contributed by atoms with Crippen LogP contribution < -0.4 is 4.90 Å². The van der Waals surface area contributed by atoms with E-state index in [1.54, 1.807) is 23.2 Å². The minimum absolute atomic E-state index is 0.116. The van der Waals surface area contributed by atoms with Gasteiger partial charge in [-0.3, -0.25) is 10.3 Å². The van der Waals surface area contributed by atoms with Crippen molar-refractivity contribution in [2.45, 2.75) is 13.8 Å². The summed E-state index contributed by atoms with van der Waals surface area (Å²) in [5.41, 5.74) is 4.66. The number of guanidine groups is 1. The zero-order valence-electron chi connectivity index (χ0n) is 17.1. The van der Waals surface area contributed by atoms with Crippen LogP contribution in [0.1, 0.15) is 16.7 Å². The molecular formula is C24H20ClN5S. The summed E-state index contributed by atoms with van der Waals surface area (Å²) in [5.74, 6) is 0.541. The van der Waals surface area contributed by atoms with E-state index in [0.717, 1.165) is 28.1 Å². The predicted molar refractivity (Wildman–Crippen MR) is 133 cm³/mol. The fourth-order valence-electron chi connectivity index (χ4n) is 3.03. The first-order valence-electron chi connectivity index (χ1n) is 9.67. The summed E-state index contributed by atoms with van der Waals surface area (Å²) in [4.78, 5) is 6.80. The molecule has 0 spiro atoms. The Bertz CT molecular complexity index is 1180. The zero-order valence-corrected chi connectivity index (χ0v) is 18.7. The average Bonchev–Trinajstić information content (AvgIpc) is 2.99. The van der Waals surface area contributed by atoms with Crippen molar-refractivity contribution in [2.75, 3.05) is 4.90 Å². The van der Waals surface area contributed by atoms with Crippen molar-refractivity contribution in [3.05, 3.63) is 94.5 Å². The molecule has 5 nitrogen and oxygen atoms in total. The lowest BCUT2D eigenvalue weighted by Crippen LogP contribution is -2.31. The molecule has 0 amide bonds. The lowest BCUT2D eigenvalue weighted by Gasteiger charge is -2.17. The largest absolute Gasteiger partial charge is 0.267 e. The highest BCUT2D eigenvalue weighted by atomic mass is 35.5. The number of nitrogens with zero attached hydrogens (tertiary/aromatic N) is 4. The third-order valence-electron chi connectivity index (χ3n) is 4.76. The minimum atomic E-state index is 0.116. The number of aliphatic imine (C=N–C) groups is 1. The predicted octanol–water partition coefficient (Wildman–Crippen LogP) is 6.11. The first-order chi connectivity index (χ1) is 14.9. The van der Waals surface area contributed by atoms with Gasteiger partial charge in [0.25, 0.3) is 0 Å². The maximum absolute atomic E-state index is 8.76. The first-order valence-corrected chi connectivity index (χ1v) is 10.5. The summed E-state index contributed by atoms with van der Waals surface area (Å²) in [6.45, 7) is 4.04. The summed E-state index contributed by atoms with van der Waals surface area (Å²) in [5, 5.41) is 15.4. The van der Waals surface area contributed by atoms with Gasteiger partial charge in [0.2, 0.25) is 5.96 Å². The molecule has 1 aliphatic rings. The van der Waals surface area contributed by atoms with Crippen LogP contribution in [0.2, 0.25) is 5.02 Å². The van der Waals surface area contributed by atoms with Crippen LogP contribution in [0, 0.1) is 19.3 Å². The Labute approximate surface area is 191 Å². The highest BCUT2D eigenvalue weighted by Crippen LogP contribution is 2.26. The van der Waals surface area contributed by atoms with Crippen molar-refractivity contribution in [3.8, 4) is 0 Å². The number of hydrogen-bond acceptors (Lipinski definition) is 4. The van der Waals surface area contributed by atoms with Crippen LogP contribution in [0.4, 0.5) is 11.4 Å². The molecule has 1 fully saturated rings. The molecule has 1 N–H and O–H groups in total. The van der Waals surface area contributed by atoms with Gasteiger partial charge in [-0.15, -0.1) is 0 Å². The number of anilines is 1. The number of benzene rings is 3. The zero-order chi connectivity index (χ0) is 22.0. The second kappa shape index (κ2) is 8.79. The number of halogens is 1. The van der Waals surface area contributed by atoms with Gasteiger partial charge in [-0.25, -0.2) is 4.99 Å². The molecule has 1 saturated heterocycles. The van der Waals surface area contributed by atoms with Crippen LogP contribution in [0.15, 0.2) is 82.9 Å². The number of aryl methyl sites for hydroxylation is 2. The molecule has 0 atom stereocenters. The average molecular weight is 446 g/mol. The first kappa shape index (κ1) is 20.9. The lowest BCUT2D eigenvalue weighted by atomic mass is 10.2. The number of hydrogen-bond donors (Lipinski definition) is 1. The monoisotopic (exact) mass is 445 g/mol. The van der Waals surface area contributed by atoms with E-state index < -0.39 is 0 Å². The molecule has 0 aliphatic carbocycles. The minimum Gasteiger partial charge on any atom is -0.267 e. The summed E-state index contributed by atoms with van der Waals surface area (Å²) >= 11 is 11.7. The van der Waals surface area contributed by atoms with E-state index in [2.05, 4.69) is 5.10 Å². The maximum Gasteiger partial charge on any atom is 0.231 e. The fourth-order valence-corrected chi connectivity index (χ4v) is 3.48. The fraction of sp³-hybridized carbons (Fsp3) is 0.0833. The smallest absolute Gasteiger partial charge is 0.231 e. The highest BCUT2D eigenvalue weighted by molar-refractivity contribution is 7.82. The quantitative estimate of drug-likeness (QED) is 0.389. The van der Waals surface area contributed by atoms with Gasteiger partial charge >= 0.3 is 0 Å². The second-order valence-electron chi connectivity index (χ2n) is 7.18. The van der Waals surface area contributed by atoms with E-state index >= 15 is 0 Å². The highest BCUT2D eigenvalue weighted by Gasteiger charge is 2.38. The summed E-state index contributed by atoms with van der Waals surface area (Å²) < 4.78 is 0. The number of hydrazone groups is 1. The number of rotatable bonds is 4. The van der Waals surface area contributed by atoms with Gasteiger partial charge in [0, 0.05) is 5.02 Å². The molecule has 3 aromatic rings. The van der Waals surface area contributed by atoms with Crippen LogP contribution in [-0.2, 0) is 0 Å². The normalized spacial score (nSPS) is 15.5. The Hall–Kier alpha value is -3.35. The number of nitrogens with one attached hydrogen (secondary N) is 1. The van der Waals surface area contributed by atoms with E-state index in [1.807, 2.05) is 74.5 Å². The van der Waals surface area contributed by atoms with Gasteiger partial charge in [-0.2, -0.15) is 10.1 Å². The van der Waals surface area contributed by atoms with E-state index in [9.17, 15) is 0 Å². The van der Waals surface area contributed by atoms with Gasteiger partial charge in [-0.1, -0.05) is 71.3 Å². The van der Waals surface area contributed by atoms with Crippen LogP contribution in [0.5, 0.6) is 0 Å². The molecule has 31 heavy (non-hydrogen) atoms. The number of thiocarbonyl (C=S) groups is 1. The summed E-state index contributed by atoms with van der Waals surface area (Å²) in [7, 11) is 0. The van der Waals surface area contributed by atoms with E-state index in [1.165, 1.54) is 5.01 Å². The number of amidine groups is 1. The molecule has 1 aliphatic heterocycles. The molecule has 0 aromatic heterocycles. The standard InChI is InChI=1S/C24H20ClN5S/c1-16-3-11-20(12-4-16)28-22-23(31)29(21-13-5-17(2)6-14-21)24(26)30(22)27-15-18-7-9-19(25)10-8-18/h3-15,26H,1-2H3. The maximum atomic E-state index is 8.76. The Morgan fingerprint density at radius 2 is 1.45 bits per heavy atom. The molecule has 0 unspecified atom stereocenters. The van der Waals surface area contributed by atoms with Gasteiger partial charge in [0.05, 0.1) is 17.6 Å². The van der Waals surface area contributed by atoms with Crippen LogP contribution in [0.25, 0.3) is 0 Å². The molecule has 154 valence electrons. The third kappa shape index (κ3) is 4.55. The topological polar surface area (TPSA) is 55.1 Å². The van der Waals surface area contributed by atoms with Crippen LogP contribution >= 0.6 is 23.8 Å². The van der Waals surface area contributed by atoms with E-state index in [-0.39, 0.29) is 5.96 Å². The van der Waals surface area contributed by atoms with Crippen molar-refractivity contribution >= 4 is 58.2 Å². The molecule has 1 heterocycles. The molecular weight excluding hydrogens is 426 g/mol. The molecule has 0 radical (unpaired) electrons. The second-order valence-corrected chi connectivity index (χ2v) is 8.00. The van der Waals surface area contributed by atoms with Gasteiger partial charge in [0.15, 0.2) is 10.8 Å². The van der Waals surface area contributed by atoms with Crippen LogP contribution in [0.3, 0.4) is 0 Å². The van der Waals surface area contributed by atoms with Crippen molar-refractivity contribution in [2.24, 2.45) is 10.1 Å². The van der Waals surface area contributed by atoms with Crippen molar-refractivity contribution < 1.29 is 0 Å². The Balaban J connectivity index is 1.75. The van der Waals surface area contributed by atoms with Gasteiger partial charge in [-0.05, 0) is 55.8 Å². The third-order valence-corrected chi connectivity index (χ3v) is 5.38. The Morgan fingerprint density at radius 3 is 2.06 bits per heavy atom. The van der Waals surface area contributed by atoms with Crippen molar-refractivity contribution in [3.63, 3.8) is 0 Å². The molecule has 7 heteroatoms.